The topological polar surface area (TPSA) is 84.5 Å². The van der Waals surface area contributed by atoms with E-state index in [4.69, 9.17) is 4.74 Å². The Morgan fingerprint density at radius 3 is 2.18 bits per heavy atom. The number of hydrogen-bond donors (Lipinski definition) is 2. The summed E-state index contributed by atoms with van der Waals surface area (Å²) in [7, 11) is -3.59. The zero-order valence-electron chi connectivity index (χ0n) is 14.9. The van der Waals surface area contributed by atoms with Crippen LogP contribution in [0.1, 0.15) is 18.9 Å². The number of halogens is 3. The normalized spacial score (nSPS) is 11.9. The van der Waals surface area contributed by atoms with E-state index in [1.54, 1.807) is 0 Å². The molecule has 2 rings (SSSR count). The van der Waals surface area contributed by atoms with Gasteiger partial charge in [-0.05, 0) is 55.0 Å². The molecule has 1 amide bonds. The molecule has 6 nitrogen and oxygen atoms in total. The molecule has 0 bridgehead atoms. The third-order valence-corrected chi connectivity index (χ3v) is 5.02. The van der Waals surface area contributed by atoms with E-state index in [0.717, 1.165) is 24.3 Å². The van der Waals surface area contributed by atoms with Crippen molar-refractivity contribution in [2.45, 2.75) is 24.4 Å². The summed E-state index contributed by atoms with van der Waals surface area (Å²) in [5.41, 5.74) is -0.616. The van der Waals surface area contributed by atoms with Crippen LogP contribution in [0.5, 0.6) is 5.75 Å². The summed E-state index contributed by atoms with van der Waals surface area (Å²) in [6.07, 6.45) is -3.79. The molecule has 0 fully saturated rings. The first-order valence-corrected chi connectivity index (χ1v) is 9.80. The number of rotatable bonds is 8. The highest BCUT2D eigenvalue weighted by atomic mass is 32.2. The fourth-order valence-corrected chi connectivity index (χ4v) is 3.26. The predicted molar refractivity (Wildman–Crippen MR) is 97.5 cm³/mol. The van der Waals surface area contributed by atoms with E-state index < -0.39 is 27.7 Å². The summed E-state index contributed by atoms with van der Waals surface area (Å²) in [6, 6.07) is 9.53. The second-order valence-electron chi connectivity index (χ2n) is 5.78. The van der Waals surface area contributed by atoms with Gasteiger partial charge < -0.3 is 10.1 Å². The summed E-state index contributed by atoms with van der Waals surface area (Å²) in [4.78, 5) is 11.9. The number of carbonyl (C=O) groups excluding carboxylic acids is 1. The van der Waals surface area contributed by atoms with Gasteiger partial charge in [0.25, 0.3) is 5.91 Å². The molecule has 0 saturated carbocycles. The zero-order valence-corrected chi connectivity index (χ0v) is 15.7. The fourth-order valence-electron chi connectivity index (χ4n) is 2.12. The van der Waals surface area contributed by atoms with Crippen LogP contribution in [0.2, 0.25) is 0 Å². The first-order chi connectivity index (χ1) is 13.1. The van der Waals surface area contributed by atoms with E-state index in [1.165, 1.54) is 24.3 Å². The molecule has 10 heteroatoms. The van der Waals surface area contributed by atoms with Crippen molar-refractivity contribution in [2.75, 3.05) is 18.5 Å². The molecule has 0 saturated heterocycles. The van der Waals surface area contributed by atoms with Crippen LogP contribution >= 0.6 is 0 Å². The molecule has 2 aromatic carbocycles. The van der Waals surface area contributed by atoms with Crippen molar-refractivity contribution in [1.82, 2.24) is 4.72 Å². The van der Waals surface area contributed by atoms with Gasteiger partial charge in [-0.25, -0.2) is 13.1 Å². The molecular formula is C18H19F3N2O4S. The number of nitrogens with one attached hydrogen (secondary N) is 2. The van der Waals surface area contributed by atoms with Crippen molar-refractivity contribution in [3.05, 3.63) is 54.1 Å². The lowest BCUT2D eigenvalue weighted by Gasteiger charge is -2.10. The van der Waals surface area contributed by atoms with Crippen molar-refractivity contribution in [2.24, 2.45) is 0 Å². The Bertz CT molecular complexity index is 896. The van der Waals surface area contributed by atoms with Crippen LogP contribution in [0, 0.1) is 0 Å². The standard InChI is InChI=1S/C18H19F3N2O4S/c1-2-11-22-28(25,26)16-9-7-15(8-10-16)27-12-17(24)23-14-5-3-13(4-6-14)18(19,20)21/h3-10,22H,2,11-12H2,1H3,(H,23,24). The fraction of sp³-hybridized carbons (Fsp3) is 0.278. The second-order valence-corrected chi connectivity index (χ2v) is 7.55. The molecule has 2 N–H and O–H groups in total. The van der Waals surface area contributed by atoms with Crippen LogP contribution in [0.25, 0.3) is 0 Å². The number of hydrogen-bond acceptors (Lipinski definition) is 4. The Hall–Kier alpha value is -2.59. The van der Waals surface area contributed by atoms with Gasteiger partial charge in [0.05, 0.1) is 10.5 Å². The van der Waals surface area contributed by atoms with Crippen molar-refractivity contribution >= 4 is 21.6 Å². The summed E-state index contributed by atoms with van der Waals surface area (Å²) >= 11 is 0. The maximum Gasteiger partial charge on any atom is 0.416 e. The minimum atomic E-state index is -4.45. The molecule has 0 atom stereocenters. The highest BCUT2D eigenvalue weighted by Gasteiger charge is 2.29. The number of ether oxygens (including phenoxy) is 1. The number of benzene rings is 2. The highest BCUT2D eigenvalue weighted by molar-refractivity contribution is 7.89. The van der Waals surface area contributed by atoms with Gasteiger partial charge in [0.1, 0.15) is 5.75 Å². The average molecular weight is 416 g/mol. The zero-order chi connectivity index (χ0) is 20.8. The summed E-state index contributed by atoms with van der Waals surface area (Å²) in [5, 5.41) is 2.41. The van der Waals surface area contributed by atoms with Crippen LogP contribution in [0.4, 0.5) is 18.9 Å². The van der Waals surface area contributed by atoms with Crippen molar-refractivity contribution in [3.8, 4) is 5.75 Å². The van der Waals surface area contributed by atoms with E-state index in [1.807, 2.05) is 6.92 Å². The van der Waals surface area contributed by atoms with E-state index in [9.17, 15) is 26.4 Å². The lowest BCUT2D eigenvalue weighted by Crippen LogP contribution is -2.24. The van der Waals surface area contributed by atoms with Gasteiger partial charge in [0.2, 0.25) is 10.0 Å². The number of sulfonamides is 1. The van der Waals surface area contributed by atoms with Crippen molar-refractivity contribution in [1.29, 1.82) is 0 Å². The predicted octanol–water partition coefficient (Wildman–Crippen LogP) is 3.41. The summed E-state index contributed by atoms with van der Waals surface area (Å²) < 4.78 is 69.1. The third kappa shape index (κ3) is 6.24. The largest absolute Gasteiger partial charge is 0.484 e. The van der Waals surface area contributed by atoms with Gasteiger partial charge in [-0.15, -0.1) is 0 Å². The van der Waals surface area contributed by atoms with Gasteiger partial charge in [-0.2, -0.15) is 13.2 Å². The Kier molecular flexibility index (Phi) is 7.03. The van der Waals surface area contributed by atoms with Crippen LogP contribution in [0.15, 0.2) is 53.4 Å². The molecule has 0 radical (unpaired) electrons. The number of amides is 1. The van der Waals surface area contributed by atoms with Crippen LogP contribution in [-0.4, -0.2) is 27.5 Å². The SMILES string of the molecule is CCCNS(=O)(=O)c1ccc(OCC(=O)Nc2ccc(C(F)(F)F)cc2)cc1. The maximum atomic E-state index is 12.5. The second kappa shape index (κ2) is 9.07. The number of carbonyl (C=O) groups is 1. The molecule has 2 aromatic rings. The van der Waals surface area contributed by atoms with Crippen LogP contribution < -0.4 is 14.8 Å². The molecule has 0 aromatic heterocycles. The van der Waals surface area contributed by atoms with Gasteiger partial charge in [0, 0.05) is 12.2 Å². The molecule has 0 heterocycles. The van der Waals surface area contributed by atoms with E-state index in [-0.39, 0.29) is 22.9 Å². The highest BCUT2D eigenvalue weighted by Crippen LogP contribution is 2.29. The lowest BCUT2D eigenvalue weighted by atomic mass is 10.2. The van der Waals surface area contributed by atoms with E-state index in [0.29, 0.717) is 13.0 Å². The first-order valence-electron chi connectivity index (χ1n) is 8.31. The van der Waals surface area contributed by atoms with Gasteiger partial charge in [-0.1, -0.05) is 6.92 Å². The molecule has 152 valence electrons. The minimum Gasteiger partial charge on any atom is -0.484 e. The Morgan fingerprint density at radius 1 is 1.04 bits per heavy atom. The quantitative estimate of drug-likeness (QED) is 0.691. The Morgan fingerprint density at radius 2 is 1.64 bits per heavy atom. The Balaban J connectivity index is 1.89. The summed E-state index contributed by atoms with van der Waals surface area (Å²) in [5.74, 6) is -0.293. The molecular weight excluding hydrogens is 397 g/mol. The summed E-state index contributed by atoms with van der Waals surface area (Å²) in [6.45, 7) is 1.78. The molecule has 0 aliphatic heterocycles. The molecule has 0 spiro atoms. The van der Waals surface area contributed by atoms with E-state index >= 15 is 0 Å². The number of anilines is 1. The molecule has 0 aliphatic carbocycles. The van der Waals surface area contributed by atoms with Gasteiger partial charge >= 0.3 is 6.18 Å². The van der Waals surface area contributed by atoms with Crippen molar-refractivity contribution in [3.63, 3.8) is 0 Å². The lowest BCUT2D eigenvalue weighted by molar-refractivity contribution is -0.137. The van der Waals surface area contributed by atoms with Crippen LogP contribution in [-0.2, 0) is 21.0 Å². The maximum absolute atomic E-state index is 12.5. The number of alkyl halides is 3. The molecule has 28 heavy (non-hydrogen) atoms. The monoisotopic (exact) mass is 416 g/mol. The van der Waals surface area contributed by atoms with Crippen LogP contribution in [0.3, 0.4) is 0 Å². The average Bonchev–Trinajstić information content (AvgIpc) is 2.65. The van der Waals surface area contributed by atoms with Crippen molar-refractivity contribution < 1.29 is 31.1 Å². The molecule has 0 unspecified atom stereocenters. The minimum absolute atomic E-state index is 0.0718. The van der Waals surface area contributed by atoms with Gasteiger partial charge in [-0.3, -0.25) is 4.79 Å². The Labute approximate surface area is 160 Å². The third-order valence-electron chi connectivity index (χ3n) is 3.54. The smallest absolute Gasteiger partial charge is 0.416 e. The molecule has 0 aliphatic rings. The van der Waals surface area contributed by atoms with E-state index in [2.05, 4.69) is 10.0 Å². The van der Waals surface area contributed by atoms with Gasteiger partial charge in [0.15, 0.2) is 6.61 Å². The first kappa shape index (κ1) is 21.7.